The van der Waals surface area contributed by atoms with Crippen molar-refractivity contribution in [1.82, 2.24) is 0 Å². The molecule has 0 aliphatic heterocycles. The molecule has 6 heteroatoms. The third-order valence-electron chi connectivity index (χ3n) is 16.7. The minimum absolute atomic E-state index is 0.0682. The Hall–Kier alpha value is -2.11. The monoisotopic (exact) mass is 1130 g/mol. The van der Waals surface area contributed by atoms with Gasteiger partial charge in [-0.2, -0.15) is 0 Å². The average Bonchev–Trinajstić information content (AvgIpc) is 3.46. The van der Waals surface area contributed by atoms with E-state index in [1.54, 1.807) is 0 Å². The lowest BCUT2D eigenvalue weighted by molar-refractivity contribution is -0.167. The quantitative estimate of drug-likeness (QED) is 0.0261. The standard InChI is InChI=1S/C74H140O6/c1-4-7-10-13-16-19-22-24-26-28-29-30-31-32-33-34-35-36-37-38-39-40-41-42-43-44-45-46-48-49-52-55-58-61-64-67-73(76)79-70-71(69-78-72(75)66-63-60-57-54-51-21-18-15-12-9-6-3)80-74(77)68-65-62-59-56-53-50-47-27-25-23-20-17-14-11-8-5-2/h27-29,47,71H,4-26,30-46,48-70H2,1-3H3/b29-28-,47-27-. The van der Waals surface area contributed by atoms with Gasteiger partial charge in [0.2, 0.25) is 0 Å². The predicted octanol–water partition coefficient (Wildman–Crippen LogP) is 25.0. The second-order valence-electron chi connectivity index (χ2n) is 24.9. The molecule has 0 aliphatic carbocycles. The van der Waals surface area contributed by atoms with Crippen molar-refractivity contribution in [3.63, 3.8) is 0 Å². The first-order valence-electron chi connectivity index (χ1n) is 36.3. The molecule has 0 aromatic heterocycles. The molecule has 0 radical (unpaired) electrons. The molecule has 0 saturated heterocycles. The fourth-order valence-corrected chi connectivity index (χ4v) is 11.2. The zero-order valence-corrected chi connectivity index (χ0v) is 54.4. The Bertz CT molecular complexity index is 1290. The Labute approximate surface area is 500 Å². The van der Waals surface area contributed by atoms with Crippen LogP contribution < -0.4 is 0 Å². The van der Waals surface area contributed by atoms with E-state index in [0.717, 1.165) is 64.2 Å². The van der Waals surface area contributed by atoms with E-state index in [-0.39, 0.29) is 31.1 Å². The molecule has 0 aromatic rings. The Morgan fingerprint density at radius 1 is 0.237 bits per heavy atom. The van der Waals surface area contributed by atoms with Crippen LogP contribution in [0.2, 0.25) is 0 Å². The van der Waals surface area contributed by atoms with Crippen LogP contribution in [0.5, 0.6) is 0 Å². The molecule has 1 atom stereocenters. The Balaban J connectivity index is 4.01. The lowest BCUT2D eigenvalue weighted by Crippen LogP contribution is -2.30. The highest BCUT2D eigenvalue weighted by molar-refractivity contribution is 5.71. The highest BCUT2D eigenvalue weighted by atomic mass is 16.6. The van der Waals surface area contributed by atoms with Gasteiger partial charge in [0.25, 0.3) is 0 Å². The van der Waals surface area contributed by atoms with E-state index in [1.807, 2.05) is 0 Å². The third kappa shape index (κ3) is 66.7. The van der Waals surface area contributed by atoms with Gasteiger partial charge in [-0.15, -0.1) is 0 Å². The van der Waals surface area contributed by atoms with Crippen LogP contribution in [0.3, 0.4) is 0 Å². The first kappa shape index (κ1) is 77.9. The van der Waals surface area contributed by atoms with E-state index in [9.17, 15) is 14.4 Å². The third-order valence-corrected chi connectivity index (χ3v) is 16.7. The second kappa shape index (κ2) is 69.4. The first-order chi connectivity index (χ1) is 39.5. The van der Waals surface area contributed by atoms with Crippen molar-refractivity contribution in [3.8, 4) is 0 Å². The van der Waals surface area contributed by atoms with Crippen LogP contribution in [0.25, 0.3) is 0 Å². The number of esters is 3. The van der Waals surface area contributed by atoms with Gasteiger partial charge >= 0.3 is 17.9 Å². The van der Waals surface area contributed by atoms with Crippen molar-refractivity contribution in [2.45, 2.75) is 419 Å². The fourth-order valence-electron chi connectivity index (χ4n) is 11.2. The molecule has 1 unspecified atom stereocenters. The maximum atomic E-state index is 12.9. The number of hydrogen-bond donors (Lipinski definition) is 0. The molecular weight excluding hydrogens is 985 g/mol. The smallest absolute Gasteiger partial charge is 0.306 e. The molecule has 0 saturated carbocycles. The number of hydrogen-bond acceptors (Lipinski definition) is 6. The summed E-state index contributed by atoms with van der Waals surface area (Å²) in [7, 11) is 0. The summed E-state index contributed by atoms with van der Waals surface area (Å²) in [5, 5.41) is 0. The van der Waals surface area contributed by atoms with Crippen LogP contribution >= 0.6 is 0 Å². The van der Waals surface area contributed by atoms with Gasteiger partial charge < -0.3 is 14.2 Å². The SMILES string of the molecule is CCCCCCCCC/C=C\CCCCCCCC(=O)OC(COC(=O)CCCCCCCCCCCCC)COC(=O)CCCCCCCCCCCCCCCCCCCCCCCCC/C=C\CCCCCCCCCC. The van der Waals surface area contributed by atoms with E-state index >= 15 is 0 Å². The molecule has 0 fully saturated rings. The second-order valence-corrected chi connectivity index (χ2v) is 24.9. The lowest BCUT2D eigenvalue weighted by Gasteiger charge is -2.18. The van der Waals surface area contributed by atoms with Crippen LogP contribution in [0.4, 0.5) is 0 Å². The zero-order valence-electron chi connectivity index (χ0n) is 54.4. The summed E-state index contributed by atoms with van der Waals surface area (Å²) in [5.41, 5.74) is 0. The molecule has 472 valence electrons. The van der Waals surface area contributed by atoms with Gasteiger partial charge in [-0.3, -0.25) is 14.4 Å². The van der Waals surface area contributed by atoms with Crippen molar-refractivity contribution in [2.75, 3.05) is 13.2 Å². The van der Waals surface area contributed by atoms with Crippen molar-refractivity contribution >= 4 is 17.9 Å². The fraction of sp³-hybridized carbons (Fsp3) is 0.905. The molecule has 80 heavy (non-hydrogen) atoms. The summed E-state index contributed by atoms with van der Waals surface area (Å²) < 4.78 is 16.9. The molecule has 0 N–H and O–H groups in total. The molecular formula is C74H140O6. The lowest BCUT2D eigenvalue weighted by atomic mass is 10.0. The summed E-state index contributed by atoms with van der Waals surface area (Å²) in [5.74, 6) is -0.848. The number of carbonyl (C=O) groups excluding carboxylic acids is 3. The number of unbranched alkanes of at least 4 members (excludes halogenated alkanes) is 53. The van der Waals surface area contributed by atoms with Gasteiger partial charge in [-0.25, -0.2) is 0 Å². The Morgan fingerprint density at radius 3 is 0.625 bits per heavy atom. The van der Waals surface area contributed by atoms with Crippen LogP contribution in [0, 0.1) is 0 Å². The van der Waals surface area contributed by atoms with Crippen LogP contribution in [-0.4, -0.2) is 37.2 Å². The molecule has 0 aromatic carbocycles. The molecule has 0 aliphatic rings. The van der Waals surface area contributed by atoms with Crippen molar-refractivity contribution < 1.29 is 28.6 Å². The Kier molecular flexibility index (Phi) is 67.6. The Morgan fingerprint density at radius 2 is 0.412 bits per heavy atom. The average molecular weight is 1130 g/mol. The minimum Gasteiger partial charge on any atom is -0.462 e. The van der Waals surface area contributed by atoms with Gasteiger partial charge in [0.15, 0.2) is 6.10 Å². The van der Waals surface area contributed by atoms with E-state index in [4.69, 9.17) is 14.2 Å². The normalized spacial score (nSPS) is 12.1. The molecule has 0 amide bonds. The summed E-state index contributed by atoms with van der Waals surface area (Å²) >= 11 is 0. The zero-order chi connectivity index (χ0) is 57.8. The largest absolute Gasteiger partial charge is 0.462 e. The first-order valence-corrected chi connectivity index (χ1v) is 36.3. The van der Waals surface area contributed by atoms with Gasteiger partial charge in [0.05, 0.1) is 0 Å². The molecule has 0 heterocycles. The molecule has 6 nitrogen and oxygen atoms in total. The molecule has 0 bridgehead atoms. The molecule has 0 rings (SSSR count). The molecule has 0 spiro atoms. The van der Waals surface area contributed by atoms with E-state index < -0.39 is 6.10 Å². The summed E-state index contributed by atoms with van der Waals surface area (Å²) in [6.07, 6.45) is 85.3. The summed E-state index contributed by atoms with van der Waals surface area (Å²) in [6, 6.07) is 0. The van der Waals surface area contributed by atoms with Gasteiger partial charge in [-0.05, 0) is 70.6 Å². The van der Waals surface area contributed by atoms with E-state index in [1.165, 1.54) is 308 Å². The van der Waals surface area contributed by atoms with Crippen molar-refractivity contribution in [3.05, 3.63) is 24.3 Å². The van der Waals surface area contributed by atoms with Crippen LogP contribution in [0.15, 0.2) is 24.3 Å². The number of allylic oxidation sites excluding steroid dienone is 4. The maximum Gasteiger partial charge on any atom is 0.306 e. The predicted molar refractivity (Wildman–Crippen MR) is 349 cm³/mol. The topological polar surface area (TPSA) is 78.9 Å². The van der Waals surface area contributed by atoms with Gasteiger partial charge in [0, 0.05) is 19.3 Å². The van der Waals surface area contributed by atoms with E-state index in [0.29, 0.717) is 19.3 Å². The number of ether oxygens (including phenoxy) is 3. The minimum atomic E-state index is -0.771. The maximum absolute atomic E-state index is 12.9. The summed E-state index contributed by atoms with van der Waals surface area (Å²) in [4.78, 5) is 38.3. The van der Waals surface area contributed by atoms with Crippen LogP contribution in [0.1, 0.15) is 412 Å². The number of carbonyl (C=O) groups is 3. The number of rotatable bonds is 68. The summed E-state index contributed by atoms with van der Waals surface area (Å²) in [6.45, 7) is 6.69. The van der Waals surface area contributed by atoms with Gasteiger partial charge in [-0.1, -0.05) is 347 Å². The van der Waals surface area contributed by atoms with Crippen molar-refractivity contribution in [2.24, 2.45) is 0 Å². The highest BCUT2D eigenvalue weighted by Crippen LogP contribution is 2.19. The van der Waals surface area contributed by atoms with Crippen molar-refractivity contribution in [1.29, 1.82) is 0 Å². The van der Waals surface area contributed by atoms with Crippen LogP contribution in [-0.2, 0) is 28.6 Å². The highest BCUT2D eigenvalue weighted by Gasteiger charge is 2.19. The van der Waals surface area contributed by atoms with Gasteiger partial charge in [0.1, 0.15) is 13.2 Å². The van der Waals surface area contributed by atoms with E-state index in [2.05, 4.69) is 45.1 Å².